The van der Waals surface area contributed by atoms with Gasteiger partial charge in [-0.1, -0.05) is 0 Å². The number of nitrogens with zero attached hydrogens (tertiary/aromatic N) is 2. The van der Waals surface area contributed by atoms with Gasteiger partial charge in [0.15, 0.2) is 5.03 Å². The molecule has 1 fully saturated rings. The van der Waals surface area contributed by atoms with E-state index in [1.807, 2.05) is 12.1 Å². The summed E-state index contributed by atoms with van der Waals surface area (Å²) in [6.45, 7) is 3.87. The minimum absolute atomic E-state index is 0.0543. The zero-order chi connectivity index (χ0) is 14.7. The average molecular weight is 324 g/mol. The van der Waals surface area contributed by atoms with E-state index in [0.29, 0.717) is 5.69 Å². The molecule has 2 aromatic rings. The molecule has 0 aliphatic carbocycles. The SMILES string of the molecule is O=S(=O)(Nc1ccc(N2CCNCC2)cc1)c1cscn1. The highest BCUT2D eigenvalue weighted by molar-refractivity contribution is 7.92. The predicted molar refractivity (Wildman–Crippen MR) is 84.4 cm³/mol. The topological polar surface area (TPSA) is 74.3 Å². The van der Waals surface area contributed by atoms with E-state index in [1.54, 1.807) is 12.1 Å². The number of anilines is 2. The van der Waals surface area contributed by atoms with Crippen molar-refractivity contribution in [2.24, 2.45) is 0 Å². The first-order valence-electron chi connectivity index (χ1n) is 6.62. The third-order valence-electron chi connectivity index (χ3n) is 3.29. The Hall–Kier alpha value is -1.64. The molecule has 2 heterocycles. The Morgan fingerprint density at radius 3 is 2.52 bits per heavy atom. The molecule has 0 amide bonds. The number of aromatic nitrogens is 1. The molecule has 8 heteroatoms. The van der Waals surface area contributed by atoms with E-state index in [1.165, 1.54) is 22.2 Å². The number of thiazole rings is 1. The summed E-state index contributed by atoms with van der Waals surface area (Å²) in [4.78, 5) is 6.10. The van der Waals surface area contributed by atoms with Crippen molar-refractivity contribution in [3.05, 3.63) is 35.2 Å². The van der Waals surface area contributed by atoms with E-state index >= 15 is 0 Å². The van der Waals surface area contributed by atoms with Crippen LogP contribution in [-0.4, -0.2) is 39.6 Å². The summed E-state index contributed by atoms with van der Waals surface area (Å²) in [7, 11) is -3.58. The van der Waals surface area contributed by atoms with Crippen LogP contribution >= 0.6 is 11.3 Å². The molecular formula is C13H16N4O2S2. The van der Waals surface area contributed by atoms with Gasteiger partial charge < -0.3 is 10.2 Å². The van der Waals surface area contributed by atoms with Crippen LogP contribution in [0, 0.1) is 0 Å². The zero-order valence-corrected chi connectivity index (χ0v) is 13.0. The highest BCUT2D eigenvalue weighted by atomic mass is 32.2. The lowest BCUT2D eigenvalue weighted by atomic mass is 10.2. The van der Waals surface area contributed by atoms with Crippen molar-refractivity contribution in [2.75, 3.05) is 35.8 Å². The van der Waals surface area contributed by atoms with Crippen molar-refractivity contribution in [3.8, 4) is 0 Å². The first kappa shape index (κ1) is 14.3. The highest BCUT2D eigenvalue weighted by Crippen LogP contribution is 2.21. The molecule has 0 atom stereocenters. The Morgan fingerprint density at radius 2 is 1.90 bits per heavy atom. The standard InChI is InChI=1S/C13H16N4O2S2/c18-21(19,13-9-20-10-15-13)16-11-1-3-12(4-2-11)17-7-5-14-6-8-17/h1-4,9-10,14,16H,5-8H2. The van der Waals surface area contributed by atoms with Crippen molar-refractivity contribution in [1.82, 2.24) is 10.3 Å². The van der Waals surface area contributed by atoms with Crippen LogP contribution in [0.25, 0.3) is 0 Å². The second-order valence-corrected chi connectivity index (χ2v) is 7.06. The van der Waals surface area contributed by atoms with Crippen LogP contribution in [0.5, 0.6) is 0 Å². The number of hydrogen-bond acceptors (Lipinski definition) is 6. The van der Waals surface area contributed by atoms with Crippen LogP contribution in [0.4, 0.5) is 11.4 Å². The summed E-state index contributed by atoms with van der Waals surface area (Å²) in [5, 5.41) is 4.87. The van der Waals surface area contributed by atoms with Crippen molar-refractivity contribution < 1.29 is 8.42 Å². The molecule has 1 aliphatic rings. The smallest absolute Gasteiger partial charge is 0.280 e. The fourth-order valence-corrected chi connectivity index (χ4v) is 4.10. The number of piperazine rings is 1. The quantitative estimate of drug-likeness (QED) is 0.888. The van der Waals surface area contributed by atoms with Gasteiger partial charge in [-0.15, -0.1) is 11.3 Å². The van der Waals surface area contributed by atoms with Gasteiger partial charge in [-0.3, -0.25) is 4.72 Å². The third-order valence-corrected chi connectivity index (χ3v) is 5.30. The maximum absolute atomic E-state index is 12.1. The Morgan fingerprint density at radius 1 is 1.19 bits per heavy atom. The Balaban J connectivity index is 1.72. The molecule has 6 nitrogen and oxygen atoms in total. The molecule has 1 aromatic carbocycles. The van der Waals surface area contributed by atoms with Gasteiger partial charge >= 0.3 is 0 Å². The molecule has 0 radical (unpaired) electrons. The van der Waals surface area contributed by atoms with Crippen LogP contribution in [0.3, 0.4) is 0 Å². The summed E-state index contributed by atoms with van der Waals surface area (Å²) in [6.07, 6.45) is 0. The number of sulfonamides is 1. The normalized spacial score (nSPS) is 15.9. The number of rotatable bonds is 4. The van der Waals surface area contributed by atoms with E-state index in [-0.39, 0.29) is 5.03 Å². The van der Waals surface area contributed by atoms with Gasteiger partial charge in [-0.25, -0.2) is 4.98 Å². The summed E-state index contributed by atoms with van der Waals surface area (Å²) >= 11 is 1.26. The average Bonchev–Trinajstić information content (AvgIpc) is 3.04. The fraction of sp³-hybridized carbons (Fsp3) is 0.308. The Labute approximate surface area is 127 Å². The molecule has 0 spiro atoms. The molecule has 1 aromatic heterocycles. The van der Waals surface area contributed by atoms with Crippen LogP contribution in [0.15, 0.2) is 40.2 Å². The molecule has 0 saturated carbocycles. The molecule has 21 heavy (non-hydrogen) atoms. The van der Waals surface area contributed by atoms with Crippen molar-refractivity contribution in [2.45, 2.75) is 5.03 Å². The van der Waals surface area contributed by atoms with Crippen LogP contribution < -0.4 is 14.9 Å². The maximum atomic E-state index is 12.1. The lowest BCUT2D eigenvalue weighted by molar-refractivity contribution is 0.589. The van der Waals surface area contributed by atoms with Gasteiger partial charge in [0.2, 0.25) is 0 Å². The molecule has 0 bridgehead atoms. The van der Waals surface area contributed by atoms with Crippen LogP contribution in [-0.2, 0) is 10.0 Å². The van der Waals surface area contributed by atoms with E-state index < -0.39 is 10.0 Å². The number of benzene rings is 1. The van der Waals surface area contributed by atoms with Crippen molar-refractivity contribution in [3.63, 3.8) is 0 Å². The Bertz CT molecular complexity index is 677. The summed E-state index contributed by atoms with van der Waals surface area (Å²) in [5.41, 5.74) is 3.15. The largest absolute Gasteiger partial charge is 0.369 e. The summed E-state index contributed by atoms with van der Waals surface area (Å²) in [6, 6.07) is 7.43. The minimum atomic E-state index is -3.58. The van der Waals surface area contributed by atoms with Crippen molar-refractivity contribution in [1.29, 1.82) is 0 Å². The Kier molecular flexibility index (Phi) is 4.09. The second-order valence-electron chi connectivity index (χ2n) is 4.72. The zero-order valence-electron chi connectivity index (χ0n) is 11.3. The van der Waals surface area contributed by atoms with Gasteiger partial charge in [-0.05, 0) is 24.3 Å². The molecule has 2 N–H and O–H groups in total. The predicted octanol–water partition coefficient (Wildman–Crippen LogP) is 1.35. The summed E-state index contributed by atoms with van der Waals surface area (Å²) in [5.74, 6) is 0. The van der Waals surface area contributed by atoms with E-state index in [9.17, 15) is 8.42 Å². The first-order valence-corrected chi connectivity index (χ1v) is 9.04. The van der Waals surface area contributed by atoms with Crippen molar-refractivity contribution >= 4 is 32.7 Å². The minimum Gasteiger partial charge on any atom is -0.369 e. The lowest BCUT2D eigenvalue weighted by Crippen LogP contribution is -2.43. The van der Waals surface area contributed by atoms with E-state index in [4.69, 9.17) is 0 Å². The molecule has 1 aliphatic heterocycles. The highest BCUT2D eigenvalue weighted by Gasteiger charge is 2.16. The third kappa shape index (κ3) is 3.34. The van der Waals surface area contributed by atoms with Crippen LogP contribution in [0.2, 0.25) is 0 Å². The summed E-state index contributed by atoms with van der Waals surface area (Å²) < 4.78 is 26.7. The lowest BCUT2D eigenvalue weighted by Gasteiger charge is -2.29. The maximum Gasteiger partial charge on any atom is 0.280 e. The van der Waals surface area contributed by atoms with E-state index in [0.717, 1.165) is 31.9 Å². The van der Waals surface area contributed by atoms with Gasteiger partial charge in [0.25, 0.3) is 10.0 Å². The molecule has 0 unspecified atom stereocenters. The first-order chi connectivity index (χ1) is 10.1. The molecular weight excluding hydrogens is 308 g/mol. The van der Waals surface area contributed by atoms with Gasteiger partial charge in [0, 0.05) is 42.9 Å². The van der Waals surface area contributed by atoms with Crippen LogP contribution in [0.1, 0.15) is 0 Å². The molecule has 1 saturated heterocycles. The van der Waals surface area contributed by atoms with Gasteiger partial charge in [0.05, 0.1) is 5.51 Å². The monoisotopic (exact) mass is 324 g/mol. The fourth-order valence-electron chi connectivity index (χ4n) is 2.20. The number of hydrogen-bond donors (Lipinski definition) is 2. The van der Waals surface area contributed by atoms with Gasteiger partial charge in [0.1, 0.15) is 0 Å². The molecule has 3 rings (SSSR count). The van der Waals surface area contributed by atoms with Gasteiger partial charge in [-0.2, -0.15) is 8.42 Å². The molecule has 112 valence electrons. The second kappa shape index (κ2) is 6.00. The van der Waals surface area contributed by atoms with E-state index in [2.05, 4.69) is 19.9 Å². The number of nitrogens with one attached hydrogen (secondary N) is 2.